The van der Waals surface area contributed by atoms with Crippen molar-refractivity contribution >= 4 is 29.9 Å². The van der Waals surface area contributed by atoms with Gasteiger partial charge in [-0.25, -0.2) is 0 Å². The lowest BCUT2D eigenvalue weighted by Crippen LogP contribution is -2.31. The van der Waals surface area contributed by atoms with E-state index in [-0.39, 0.29) is 30.3 Å². The molecule has 1 saturated heterocycles. The highest BCUT2D eigenvalue weighted by Gasteiger charge is 2.23. The first-order chi connectivity index (χ1) is 13.1. The average Bonchev–Trinajstić information content (AvgIpc) is 3.07. The summed E-state index contributed by atoms with van der Waals surface area (Å²) < 4.78 is 0. The quantitative estimate of drug-likeness (QED) is 0.771. The van der Waals surface area contributed by atoms with Crippen LogP contribution in [-0.4, -0.2) is 23.3 Å². The second-order valence-electron chi connectivity index (χ2n) is 7.49. The summed E-state index contributed by atoms with van der Waals surface area (Å²) in [6, 6.07) is 13.6. The molecule has 1 atom stereocenters. The highest BCUT2D eigenvalue weighted by Crippen LogP contribution is 2.31. The molecule has 28 heavy (non-hydrogen) atoms. The van der Waals surface area contributed by atoms with Crippen molar-refractivity contribution in [3.8, 4) is 0 Å². The van der Waals surface area contributed by atoms with Crippen molar-refractivity contribution in [1.82, 2.24) is 10.2 Å². The van der Waals surface area contributed by atoms with Crippen molar-refractivity contribution in [1.29, 1.82) is 0 Å². The maximum absolute atomic E-state index is 12.7. The minimum absolute atomic E-state index is 0. The van der Waals surface area contributed by atoms with Crippen LogP contribution in [0.2, 0.25) is 0 Å². The molecule has 2 aliphatic rings. The SMILES string of the molecule is Cl.Nc1ccc2c(c1)CCCC2NC(=O)c1ccc(CN2CCCC2=O)cc1. The van der Waals surface area contributed by atoms with E-state index < -0.39 is 0 Å². The number of rotatable bonds is 4. The van der Waals surface area contributed by atoms with E-state index in [0.29, 0.717) is 18.5 Å². The summed E-state index contributed by atoms with van der Waals surface area (Å²) in [5.41, 5.74) is 10.8. The van der Waals surface area contributed by atoms with Gasteiger partial charge in [-0.3, -0.25) is 9.59 Å². The number of fused-ring (bicyclic) bond motifs is 1. The minimum atomic E-state index is -0.0616. The van der Waals surface area contributed by atoms with E-state index in [2.05, 4.69) is 5.32 Å². The molecular formula is C22H26ClN3O2. The van der Waals surface area contributed by atoms with Crippen molar-refractivity contribution < 1.29 is 9.59 Å². The third-order valence-corrected chi connectivity index (χ3v) is 5.55. The Morgan fingerprint density at radius 2 is 1.89 bits per heavy atom. The summed E-state index contributed by atoms with van der Waals surface area (Å²) in [5.74, 6) is 0.155. The zero-order chi connectivity index (χ0) is 18.8. The van der Waals surface area contributed by atoms with Gasteiger partial charge in [0, 0.05) is 30.8 Å². The fourth-order valence-electron chi connectivity index (χ4n) is 4.08. The van der Waals surface area contributed by atoms with Crippen molar-refractivity contribution in [2.24, 2.45) is 0 Å². The fraction of sp³-hybridized carbons (Fsp3) is 0.364. The molecular weight excluding hydrogens is 374 g/mol. The number of likely N-dealkylation sites (tertiary alicyclic amines) is 1. The number of nitrogens with one attached hydrogen (secondary N) is 1. The summed E-state index contributed by atoms with van der Waals surface area (Å²) in [6.07, 6.45) is 4.58. The summed E-state index contributed by atoms with van der Waals surface area (Å²) >= 11 is 0. The Bertz CT molecular complexity index is 867. The molecule has 0 radical (unpaired) electrons. The Morgan fingerprint density at radius 1 is 1.11 bits per heavy atom. The monoisotopic (exact) mass is 399 g/mol. The van der Waals surface area contributed by atoms with Gasteiger partial charge in [0.2, 0.25) is 5.91 Å². The molecule has 1 unspecified atom stereocenters. The third-order valence-electron chi connectivity index (χ3n) is 5.55. The summed E-state index contributed by atoms with van der Waals surface area (Å²) in [6.45, 7) is 1.45. The molecule has 0 saturated carbocycles. The number of carbonyl (C=O) groups is 2. The largest absolute Gasteiger partial charge is 0.399 e. The first kappa shape index (κ1) is 20.2. The molecule has 4 rings (SSSR count). The lowest BCUT2D eigenvalue weighted by Gasteiger charge is -2.26. The highest BCUT2D eigenvalue weighted by atomic mass is 35.5. The van der Waals surface area contributed by atoms with E-state index in [1.807, 2.05) is 47.4 Å². The van der Waals surface area contributed by atoms with Gasteiger partial charge >= 0.3 is 0 Å². The van der Waals surface area contributed by atoms with E-state index >= 15 is 0 Å². The molecule has 1 aliphatic carbocycles. The molecule has 0 aromatic heterocycles. The molecule has 1 aliphatic heterocycles. The Morgan fingerprint density at radius 3 is 2.61 bits per heavy atom. The molecule has 0 bridgehead atoms. The number of benzene rings is 2. The van der Waals surface area contributed by atoms with Crippen LogP contribution in [0.1, 0.15) is 58.8 Å². The first-order valence-electron chi connectivity index (χ1n) is 9.66. The third kappa shape index (κ3) is 4.30. The number of anilines is 1. The van der Waals surface area contributed by atoms with E-state index in [9.17, 15) is 9.59 Å². The Balaban J connectivity index is 0.00000225. The van der Waals surface area contributed by atoms with Crippen LogP contribution < -0.4 is 11.1 Å². The average molecular weight is 400 g/mol. The van der Waals surface area contributed by atoms with Gasteiger partial charge in [-0.05, 0) is 66.6 Å². The molecule has 2 amide bonds. The summed E-state index contributed by atoms with van der Waals surface area (Å²) in [7, 11) is 0. The second kappa shape index (κ2) is 8.65. The standard InChI is InChI=1S/C22H25N3O2.ClH/c23-18-10-11-19-17(13-18)3-1-4-20(19)24-22(27)16-8-6-15(7-9-16)14-25-12-2-5-21(25)26;/h6-11,13,20H,1-5,12,14,23H2,(H,24,27);1H. The number of nitrogens with two attached hydrogens (primary N) is 1. The maximum Gasteiger partial charge on any atom is 0.251 e. The number of hydrogen-bond acceptors (Lipinski definition) is 3. The van der Waals surface area contributed by atoms with E-state index in [4.69, 9.17) is 5.73 Å². The van der Waals surface area contributed by atoms with E-state index in [0.717, 1.165) is 43.5 Å². The maximum atomic E-state index is 12.7. The van der Waals surface area contributed by atoms with Gasteiger partial charge in [0.15, 0.2) is 0 Å². The number of halogens is 1. The van der Waals surface area contributed by atoms with Crippen molar-refractivity contribution in [2.75, 3.05) is 12.3 Å². The second-order valence-corrected chi connectivity index (χ2v) is 7.49. The van der Waals surface area contributed by atoms with Gasteiger partial charge in [0.25, 0.3) is 5.91 Å². The van der Waals surface area contributed by atoms with E-state index in [1.54, 1.807) is 0 Å². The van der Waals surface area contributed by atoms with Crippen LogP contribution in [0.4, 0.5) is 5.69 Å². The van der Waals surface area contributed by atoms with Gasteiger partial charge in [-0.2, -0.15) is 0 Å². The van der Waals surface area contributed by atoms with Crippen LogP contribution in [-0.2, 0) is 17.8 Å². The Kier molecular flexibility index (Phi) is 6.25. The van der Waals surface area contributed by atoms with Crippen molar-refractivity contribution in [3.63, 3.8) is 0 Å². The van der Waals surface area contributed by atoms with Crippen LogP contribution >= 0.6 is 12.4 Å². The molecule has 2 aromatic rings. The van der Waals surface area contributed by atoms with Crippen molar-refractivity contribution in [2.45, 2.75) is 44.7 Å². The number of nitrogen functional groups attached to an aromatic ring is 1. The fourth-order valence-corrected chi connectivity index (χ4v) is 4.08. The highest BCUT2D eigenvalue weighted by molar-refractivity contribution is 5.94. The number of amides is 2. The predicted octanol–water partition coefficient (Wildman–Crippen LogP) is 3.62. The molecule has 3 N–H and O–H groups in total. The smallest absolute Gasteiger partial charge is 0.251 e. The molecule has 2 aromatic carbocycles. The minimum Gasteiger partial charge on any atom is -0.399 e. The van der Waals surface area contributed by atoms with Crippen LogP contribution in [0, 0.1) is 0 Å². The van der Waals surface area contributed by atoms with Gasteiger partial charge in [0.1, 0.15) is 0 Å². The normalized spacial score (nSPS) is 18.4. The first-order valence-corrected chi connectivity index (χ1v) is 9.66. The van der Waals surface area contributed by atoms with Crippen LogP contribution in [0.3, 0.4) is 0 Å². The molecule has 148 valence electrons. The van der Waals surface area contributed by atoms with Gasteiger partial charge in [0.05, 0.1) is 6.04 Å². The van der Waals surface area contributed by atoms with Crippen LogP contribution in [0.5, 0.6) is 0 Å². The lowest BCUT2D eigenvalue weighted by atomic mass is 9.87. The van der Waals surface area contributed by atoms with E-state index in [1.165, 1.54) is 11.1 Å². The zero-order valence-corrected chi connectivity index (χ0v) is 16.6. The summed E-state index contributed by atoms with van der Waals surface area (Å²) in [4.78, 5) is 26.3. The Labute approximate surface area is 171 Å². The van der Waals surface area contributed by atoms with Gasteiger partial charge in [-0.1, -0.05) is 18.2 Å². The lowest BCUT2D eigenvalue weighted by molar-refractivity contribution is -0.128. The van der Waals surface area contributed by atoms with Crippen LogP contribution in [0.25, 0.3) is 0 Å². The molecule has 5 nitrogen and oxygen atoms in total. The number of nitrogens with zero attached hydrogens (tertiary/aromatic N) is 1. The molecule has 1 heterocycles. The van der Waals surface area contributed by atoms with Gasteiger partial charge < -0.3 is 16.0 Å². The topological polar surface area (TPSA) is 75.4 Å². The molecule has 0 spiro atoms. The Hall–Kier alpha value is -2.53. The molecule has 1 fully saturated rings. The van der Waals surface area contributed by atoms with Gasteiger partial charge in [-0.15, -0.1) is 12.4 Å². The number of carbonyl (C=O) groups excluding carboxylic acids is 2. The van der Waals surface area contributed by atoms with Crippen LogP contribution in [0.15, 0.2) is 42.5 Å². The molecule has 6 heteroatoms. The number of hydrogen-bond donors (Lipinski definition) is 2. The number of aryl methyl sites for hydroxylation is 1. The summed E-state index contributed by atoms with van der Waals surface area (Å²) in [5, 5.41) is 3.17. The predicted molar refractivity (Wildman–Crippen MR) is 112 cm³/mol. The van der Waals surface area contributed by atoms with Crippen molar-refractivity contribution in [3.05, 3.63) is 64.7 Å². The zero-order valence-electron chi connectivity index (χ0n) is 15.8.